The van der Waals surface area contributed by atoms with Crippen LogP contribution in [0.15, 0.2) is 24.3 Å². The van der Waals surface area contributed by atoms with E-state index in [9.17, 15) is 0 Å². The molecule has 0 bridgehead atoms. The maximum atomic E-state index is 9.14. The average Bonchev–Trinajstić information content (AvgIpc) is 2.95. The van der Waals surface area contributed by atoms with Crippen LogP contribution in [0.3, 0.4) is 0 Å². The molecule has 0 atom stereocenters. The van der Waals surface area contributed by atoms with Gasteiger partial charge in [-0.25, -0.2) is 0 Å². The number of nitrogens with one attached hydrogen (secondary N) is 1. The predicted octanol–water partition coefficient (Wildman–Crippen LogP) is 3.17. The highest BCUT2D eigenvalue weighted by atomic mass is 16.5. The lowest BCUT2D eigenvalue weighted by molar-refractivity contribution is 0.326. The molecule has 0 radical (unpaired) electrons. The topological polar surface area (TPSA) is 84.0 Å². The summed E-state index contributed by atoms with van der Waals surface area (Å²) in [4.78, 5) is 4.35. The van der Waals surface area contributed by atoms with Crippen LogP contribution in [0.2, 0.25) is 0 Å². The number of ether oxygens (including phenoxy) is 1. The zero-order valence-electron chi connectivity index (χ0n) is 12.5. The summed E-state index contributed by atoms with van der Waals surface area (Å²) in [6.07, 6.45) is 3.50. The van der Waals surface area contributed by atoms with E-state index < -0.39 is 0 Å². The van der Waals surface area contributed by atoms with Crippen LogP contribution in [0, 0.1) is 11.3 Å². The van der Waals surface area contributed by atoms with E-state index in [0.717, 1.165) is 18.5 Å². The zero-order valence-corrected chi connectivity index (χ0v) is 12.5. The van der Waals surface area contributed by atoms with Gasteiger partial charge in [0, 0.05) is 11.8 Å². The molecule has 0 amide bonds. The van der Waals surface area contributed by atoms with Gasteiger partial charge in [0.1, 0.15) is 17.5 Å². The van der Waals surface area contributed by atoms with Gasteiger partial charge in [-0.15, -0.1) is 0 Å². The number of aromatic nitrogens is 1. The second kappa shape index (κ2) is 5.94. The van der Waals surface area contributed by atoms with Crippen LogP contribution < -0.4 is 15.8 Å². The summed E-state index contributed by atoms with van der Waals surface area (Å²) in [6, 6.07) is 10.0. The summed E-state index contributed by atoms with van der Waals surface area (Å²) in [7, 11) is 0. The van der Waals surface area contributed by atoms with Crippen molar-refractivity contribution in [2.45, 2.75) is 26.2 Å². The van der Waals surface area contributed by atoms with E-state index in [1.807, 2.05) is 19.1 Å². The van der Waals surface area contributed by atoms with Crippen molar-refractivity contribution in [3.8, 4) is 11.9 Å². The van der Waals surface area contributed by atoms with Crippen molar-refractivity contribution < 1.29 is 4.74 Å². The molecule has 112 valence electrons. The number of anilines is 3. The van der Waals surface area contributed by atoms with Gasteiger partial charge in [0.05, 0.1) is 12.3 Å². The Bertz CT molecular complexity index is 749. The quantitative estimate of drug-likeness (QED) is 0.904. The fourth-order valence-corrected chi connectivity index (χ4v) is 2.76. The number of nitrogen functional groups attached to an aromatic ring is 1. The Labute approximate surface area is 129 Å². The monoisotopic (exact) mass is 294 g/mol. The average molecular weight is 294 g/mol. The van der Waals surface area contributed by atoms with Gasteiger partial charge in [-0.3, -0.25) is 0 Å². The summed E-state index contributed by atoms with van der Waals surface area (Å²) in [5.74, 6) is 0.853. The summed E-state index contributed by atoms with van der Waals surface area (Å²) >= 11 is 0. The number of rotatable bonds is 4. The Morgan fingerprint density at radius 1 is 1.32 bits per heavy atom. The summed E-state index contributed by atoms with van der Waals surface area (Å²) in [5, 5.41) is 12.4. The number of aryl methyl sites for hydroxylation is 2. The minimum Gasteiger partial charge on any atom is -0.477 e. The van der Waals surface area contributed by atoms with Crippen molar-refractivity contribution in [1.29, 1.82) is 5.26 Å². The lowest BCUT2D eigenvalue weighted by Crippen LogP contribution is -2.04. The third-order valence-electron chi connectivity index (χ3n) is 3.78. The first kappa shape index (κ1) is 14.2. The Morgan fingerprint density at radius 2 is 2.14 bits per heavy atom. The number of nitrogens with zero attached hydrogens (tertiary/aromatic N) is 2. The highest BCUT2D eigenvalue weighted by molar-refractivity contribution is 5.68. The number of hydrogen-bond donors (Lipinski definition) is 2. The molecule has 0 saturated carbocycles. The Morgan fingerprint density at radius 3 is 2.91 bits per heavy atom. The molecule has 1 aromatic carbocycles. The van der Waals surface area contributed by atoms with Crippen molar-refractivity contribution in [2.75, 3.05) is 17.7 Å². The molecule has 0 saturated heterocycles. The molecule has 5 heteroatoms. The fourth-order valence-electron chi connectivity index (χ4n) is 2.76. The van der Waals surface area contributed by atoms with E-state index in [1.54, 1.807) is 6.07 Å². The molecule has 0 unspecified atom stereocenters. The van der Waals surface area contributed by atoms with Crippen LogP contribution in [0.5, 0.6) is 5.88 Å². The number of pyridine rings is 1. The van der Waals surface area contributed by atoms with Crippen molar-refractivity contribution in [1.82, 2.24) is 4.98 Å². The number of nitrogens with two attached hydrogens (primary N) is 1. The van der Waals surface area contributed by atoms with Crippen LogP contribution in [-0.4, -0.2) is 11.6 Å². The van der Waals surface area contributed by atoms with E-state index >= 15 is 0 Å². The summed E-state index contributed by atoms with van der Waals surface area (Å²) in [5.41, 5.74) is 10.4. The van der Waals surface area contributed by atoms with E-state index in [2.05, 4.69) is 22.4 Å². The minimum absolute atomic E-state index is 0.272. The Hall–Kier alpha value is -2.74. The second-order valence-electron chi connectivity index (χ2n) is 5.28. The number of hydrogen-bond acceptors (Lipinski definition) is 5. The van der Waals surface area contributed by atoms with Crippen LogP contribution >= 0.6 is 0 Å². The second-order valence-corrected chi connectivity index (χ2v) is 5.28. The normalized spacial score (nSPS) is 12.5. The van der Waals surface area contributed by atoms with E-state index in [4.69, 9.17) is 15.7 Å². The standard InChI is InChI=1S/C17H18N4O/c1-2-22-17-14(10-18)15(19)9-16(21-17)20-13-7-6-11-4-3-5-12(11)8-13/h6-9H,2-5H2,1H3,(H3,19,20,21). The first-order valence-corrected chi connectivity index (χ1v) is 7.43. The predicted molar refractivity (Wildman–Crippen MR) is 86.3 cm³/mol. The van der Waals surface area contributed by atoms with Gasteiger partial charge >= 0.3 is 0 Å². The molecular weight excluding hydrogens is 276 g/mol. The molecule has 22 heavy (non-hydrogen) atoms. The van der Waals surface area contributed by atoms with Crippen LogP contribution in [0.1, 0.15) is 30.0 Å². The van der Waals surface area contributed by atoms with Crippen molar-refractivity contribution in [3.05, 3.63) is 41.0 Å². The molecule has 1 aromatic heterocycles. The molecule has 2 aromatic rings. The molecule has 1 aliphatic rings. The number of benzene rings is 1. The molecule has 3 rings (SSSR count). The van der Waals surface area contributed by atoms with Gasteiger partial charge in [0.25, 0.3) is 0 Å². The van der Waals surface area contributed by atoms with Gasteiger partial charge in [-0.05, 0) is 49.4 Å². The van der Waals surface area contributed by atoms with Gasteiger partial charge in [-0.2, -0.15) is 10.2 Å². The molecule has 0 fully saturated rings. The lowest BCUT2D eigenvalue weighted by atomic mass is 10.1. The highest BCUT2D eigenvalue weighted by Gasteiger charge is 2.14. The summed E-state index contributed by atoms with van der Waals surface area (Å²) in [6.45, 7) is 2.28. The molecular formula is C17H18N4O. The van der Waals surface area contributed by atoms with Gasteiger partial charge in [-0.1, -0.05) is 6.07 Å². The van der Waals surface area contributed by atoms with Gasteiger partial charge < -0.3 is 15.8 Å². The summed E-state index contributed by atoms with van der Waals surface area (Å²) < 4.78 is 5.41. The molecule has 1 aliphatic carbocycles. The lowest BCUT2D eigenvalue weighted by Gasteiger charge is -2.12. The van der Waals surface area contributed by atoms with E-state index in [1.165, 1.54) is 17.5 Å². The van der Waals surface area contributed by atoms with E-state index in [0.29, 0.717) is 18.1 Å². The van der Waals surface area contributed by atoms with Crippen LogP contribution in [0.4, 0.5) is 17.2 Å². The molecule has 0 aliphatic heterocycles. The minimum atomic E-state index is 0.272. The van der Waals surface area contributed by atoms with Crippen LogP contribution in [-0.2, 0) is 12.8 Å². The molecule has 5 nitrogen and oxygen atoms in total. The Kier molecular flexibility index (Phi) is 3.84. The third kappa shape index (κ3) is 2.68. The first-order chi connectivity index (χ1) is 10.7. The van der Waals surface area contributed by atoms with Crippen molar-refractivity contribution in [2.24, 2.45) is 0 Å². The van der Waals surface area contributed by atoms with Gasteiger partial charge in [0.15, 0.2) is 0 Å². The first-order valence-electron chi connectivity index (χ1n) is 7.43. The largest absolute Gasteiger partial charge is 0.477 e. The Balaban J connectivity index is 1.90. The zero-order chi connectivity index (χ0) is 15.5. The SMILES string of the molecule is CCOc1nc(Nc2ccc3c(c2)CCC3)cc(N)c1C#N. The van der Waals surface area contributed by atoms with Gasteiger partial charge in [0.2, 0.25) is 5.88 Å². The third-order valence-corrected chi connectivity index (χ3v) is 3.78. The van der Waals surface area contributed by atoms with Crippen molar-refractivity contribution in [3.63, 3.8) is 0 Å². The maximum Gasteiger partial charge on any atom is 0.235 e. The van der Waals surface area contributed by atoms with E-state index in [-0.39, 0.29) is 11.4 Å². The number of fused-ring (bicyclic) bond motifs is 1. The highest BCUT2D eigenvalue weighted by Crippen LogP contribution is 2.29. The van der Waals surface area contributed by atoms with Crippen LogP contribution in [0.25, 0.3) is 0 Å². The number of nitriles is 1. The molecule has 1 heterocycles. The molecule has 3 N–H and O–H groups in total. The maximum absolute atomic E-state index is 9.14. The fraction of sp³-hybridized carbons (Fsp3) is 0.294. The van der Waals surface area contributed by atoms with Crippen molar-refractivity contribution >= 4 is 17.2 Å². The smallest absolute Gasteiger partial charge is 0.235 e. The molecule has 0 spiro atoms.